The second-order valence-corrected chi connectivity index (χ2v) is 15.0. The van der Waals surface area contributed by atoms with Gasteiger partial charge in [0.05, 0.1) is 6.61 Å². The largest absolute Gasteiger partial charge is 0.456 e. The van der Waals surface area contributed by atoms with E-state index in [4.69, 9.17) is 20.0 Å². The minimum Gasteiger partial charge on any atom is -0.456 e. The van der Waals surface area contributed by atoms with E-state index in [0.717, 1.165) is 19.1 Å². The van der Waals surface area contributed by atoms with Crippen LogP contribution in [0.1, 0.15) is 6.42 Å². The Morgan fingerprint density at radius 3 is 2.26 bits per heavy atom. The molecule has 0 N–H and O–H groups in total. The molecule has 0 rings (SSSR count). The first-order valence-electron chi connectivity index (χ1n) is 6.62. The Labute approximate surface area is 120 Å². The Morgan fingerprint density at radius 2 is 1.68 bits per heavy atom. The first-order chi connectivity index (χ1) is 8.77. The highest BCUT2D eigenvalue weighted by Gasteiger charge is 2.28. The molecule has 3 nitrogen and oxygen atoms in total. The molecule has 0 fully saturated rings. The van der Waals surface area contributed by atoms with Gasteiger partial charge in [-0.2, -0.15) is 0 Å². The molecule has 0 amide bonds. The molecule has 0 aromatic heterocycles. The normalized spacial score (nSPS) is 11.4. The monoisotopic (exact) mass is 298 g/mol. The van der Waals surface area contributed by atoms with Crippen molar-refractivity contribution >= 4 is 16.6 Å². The second-order valence-electron chi connectivity index (χ2n) is 5.91. The van der Waals surface area contributed by atoms with Crippen molar-refractivity contribution in [2.24, 2.45) is 0 Å². The van der Waals surface area contributed by atoms with E-state index >= 15 is 0 Å². The molecule has 108 valence electrons. The molecule has 0 saturated heterocycles. The maximum Gasteiger partial charge on any atom is 0.173 e. The van der Waals surface area contributed by atoms with E-state index in [2.05, 4.69) is 50.7 Å². The highest BCUT2D eigenvalue weighted by atomic mass is 28.4. The van der Waals surface area contributed by atoms with Crippen molar-refractivity contribution in [3.8, 4) is 24.4 Å². The lowest BCUT2D eigenvalue weighted by Crippen LogP contribution is -2.42. The fourth-order valence-electron chi connectivity index (χ4n) is 1.80. The fourth-order valence-corrected chi connectivity index (χ4v) is 9.83. The van der Waals surface area contributed by atoms with Crippen LogP contribution in [0.4, 0.5) is 0 Å². The van der Waals surface area contributed by atoms with Crippen LogP contribution in [0.15, 0.2) is 0 Å². The lowest BCUT2D eigenvalue weighted by atomic mass is 10.5. The molecule has 5 heteroatoms. The third kappa shape index (κ3) is 13.5. The van der Waals surface area contributed by atoms with E-state index in [0.29, 0.717) is 13.2 Å². The zero-order valence-corrected chi connectivity index (χ0v) is 14.8. The van der Waals surface area contributed by atoms with Gasteiger partial charge in [-0.3, -0.25) is 0 Å². The number of rotatable bonds is 9. The third-order valence-electron chi connectivity index (χ3n) is 2.18. The smallest absolute Gasteiger partial charge is 0.173 e. The maximum atomic E-state index is 6.26. The summed E-state index contributed by atoms with van der Waals surface area (Å²) >= 11 is 0. The predicted molar refractivity (Wildman–Crippen MR) is 84.7 cm³/mol. The molecule has 0 aliphatic carbocycles. The van der Waals surface area contributed by atoms with Gasteiger partial charge in [0.25, 0.3) is 0 Å². The molecule has 0 aromatic carbocycles. The van der Waals surface area contributed by atoms with E-state index in [1.54, 1.807) is 0 Å². The summed E-state index contributed by atoms with van der Waals surface area (Å²) < 4.78 is 16.7. The average Bonchev–Trinajstić information content (AvgIpc) is 2.23. The SMILES string of the molecule is C#CC#COCCOCCC[Si](C)(C)O[Si](C)(C)C. The van der Waals surface area contributed by atoms with Crippen molar-refractivity contribution in [2.45, 2.75) is 45.2 Å². The van der Waals surface area contributed by atoms with Gasteiger partial charge in [0.2, 0.25) is 0 Å². The highest BCUT2D eigenvalue weighted by Crippen LogP contribution is 2.19. The van der Waals surface area contributed by atoms with Gasteiger partial charge in [0, 0.05) is 12.5 Å². The number of hydrogen-bond acceptors (Lipinski definition) is 3. The Bertz CT molecular complexity index is 342. The zero-order chi connectivity index (χ0) is 14.8. The zero-order valence-electron chi connectivity index (χ0n) is 12.8. The van der Waals surface area contributed by atoms with Gasteiger partial charge in [-0.25, -0.2) is 0 Å². The molecule has 0 radical (unpaired) electrons. The predicted octanol–water partition coefficient (Wildman–Crippen LogP) is 3.06. The molecule has 19 heavy (non-hydrogen) atoms. The van der Waals surface area contributed by atoms with Crippen LogP contribution in [-0.4, -0.2) is 36.5 Å². The molecule has 0 spiro atoms. The molecular formula is C14H26O3Si2. The molecular weight excluding hydrogens is 272 g/mol. The maximum absolute atomic E-state index is 6.26. The van der Waals surface area contributed by atoms with Crippen LogP contribution in [0.2, 0.25) is 38.8 Å². The van der Waals surface area contributed by atoms with E-state index in [-0.39, 0.29) is 0 Å². The molecule has 0 aliphatic heterocycles. The first-order valence-corrected chi connectivity index (χ1v) is 13.1. The standard InChI is InChI=1S/C14H26O3Si2/c1-7-8-10-15-12-13-16-11-9-14-19(5,6)17-18(2,3)4/h1H,9,11-14H2,2-6H3. The van der Waals surface area contributed by atoms with Gasteiger partial charge in [-0.15, -0.1) is 6.42 Å². The van der Waals surface area contributed by atoms with Crippen LogP contribution in [0.3, 0.4) is 0 Å². The molecule has 0 aliphatic rings. The van der Waals surface area contributed by atoms with Crippen molar-refractivity contribution in [1.29, 1.82) is 0 Å². The Morgan fingerprint density at radius 1 is 1.00 bits per heavy atom. The van der Waals surface area contributed by atoms with Crippen LogP contribution in [-0.2, 0) is 13.6 Å². The van der Waals surface area contributed by atoms with E-state index in [9.17, 15) is 0 Å². The highest BCUT2D eigenvalue weighted by molar-refractivity contribution is 6.84. The summed E-state index contributed by atoms with van der Waals surface area (Å²) in [5.74, 6) is 4.57. The van der Waals surface area contributed by atoms with E-state index in [1.165, 1.54) is 0 Å². The van der Waals surface area contributed by atoms with Crippen molar-refractivity contribution in [3.05, 3.63) is 0 Å². The van der Waals surface area contributed by atoms with Crippen molar-refractivity contribution in [2.75, 3.05) is 19.8 Å². The summed E-state index contributed by atoms with van der Waals surface area (Å²) in [6.07, 6.45) is 8.40. The van der Waals surface area contributed by atoms with Crippen LogP contribution in [0.5, 0.6) is 0 Å². The van der Waals surface area contributed by atoms with Gasteiger partial charge >= 0.3 is 0 Å². The quantitative estimate of drug-likeness (QED) is 0.372. The molecule has 0 heterocycles. The van der Waals surface area contributed by atoms with Crippen LogP contribution in [0.25, 0.3) is 0 Å². The van der Waals surface area contributed by atoms with Crippen LogP contribution >= 0.6 is 0 Å². The van der Waals surface area contributed by atoms with Crippen LogP contribution in [0, 0.1) is 24.4 Å². The van der Waals surface area contributed by atoms with Gasteiger partial charge in [-0.05, 0) is 51.1 Å². The van der Waals surface area contributed by atoms with Crippen molar-refractivity contribution in [1.82, 2.24) is 0 Å². The summed E-state index contributed by atoms with van der Waals surface area (Å²) in [7, 11) is -2.94. The Balaban J connectivity index is 3.56. The minimum absolute atomic E-state index is 0.459. The lowest BCUT2D eigenvalue weighted by Gasteiger charge is -2.31. The molecule has 0 bridgehead atoms. The number of terminal acetylenes is 1. The second kappa shape index (κ2) is 9.22. The lowest BCUT2D eigenvalue weighted by molar-refractivity contribution is 0.0911. The molecule has 0 saturated carbocycles. The molecule has 0 unspecified atom stereocenters. The number of ether oxygens (including phenoxy) is 2. The van der Waals surface area contributed by atoms with Gasteiger partial charge < -0.3 is 13.6 Å². The van der Waals surface area contributed by atoms with Crippen molar-refractivity contribution in [3.63, 3.8) is 0 Å². The summed E-state index contributed by atoms with van der Waals surface area (Å²) in [4.78, 5) is 0. The Kier molecular flexibility index (Phi) is 8.87. The summed E-state index contributed by atoms with van der Waals surface area (Å²) in [6.45, 7) is 13.1. The molecule has 0 atom stereocenters. The molecule has 0 aromatic rings. The van der Waals surface area contributed by atoms with Gasteiger partial charge in [0.1, 0.15) is 12.7 Å². The summed E-state index contributed by atoms with van der Waals surface area (Å²) in [5, 5.41) is 0. The Hall–Kier alpha value is -0.726. The fraction of sp³-hybridized carbons (Fsp3) is 0.714. The third-order valence-corrected chi connectivity index (χ3v) is 8.39. The minimum atomic E-state index is -1.52. The van der Waals surface area contributed by atoms with Gasteiger partial charge in [0.15, 0.2) is 16.6 Å². The average molecular weight is 299 g/mol. The first kappa shape index (κ1) is 18.3. The summed E-state index contributed by atoms with van der Waals surface area (Å²) in [5.41, 5.74) is 0. The summed E-state index contributed by atoms with van der Waals surface area (Å²) in [6, 6.07) is 1.13. The van der Waals surface area contributed by atoms with Crippen molar-refractivity contribution < 1.29 is 13.6 Å². The van der Waals surface area contributed by atoms with E-state index in [1.807, 2.05) is 0 Å². The topological polar surface area (TPSA) is 27.7 Å². The number of hydrogen-bond donors (Lipinski definition) is 0. The van der Waals surface area contributed by atoms with Gasteiger partial charge in [-0.1, -0.05) is 0 Å². The van der Waals surface area contributed by atoms with Crippen LogP contribution < -0.4 is 0 Å². The van der Waals surface area contributed by atoms with E-state index < -0.39 is 16.6 Å².